The van der Waals surface area contributed by atoms with E-state index in [9.17, 15) is 14.7 Å². The van der Waals surface area contributed by atoms with Crippen molar-refractivity contribution >= 4 is 22.6 Å². The number of esters is 1. The summed E-state index contributed by atoms with van der Waals surface area (Å²) >= 11 is 0. The van der Waals surface area contributed by atoms with Crippen LogP contribution >= 0.6 is 0 Å². The van der Waals surface area contributed by atoms with E-state index in [1.165, 1.54) is 7.11 Å². The lowest BCUT2D eigenvalue weighted by Crippen LogP contribution is -2.40. The standard InChI is InChI=1S/C24H23NO4/c1-29-24(28)17-4-2-16(3-5-17)18-6-7-20-15-21(9-8-19(20)14-18)23(27)25-12-10-22(26)11-13-25/h2-9,14-15,22,26H,10-13H2,1H3. The lowest BCUT2D eigenvalue weighted by molar-refractivity contribution is 0.0545. The van der Waals surface area contributed by atoms with Crippen molar-refractivity contribution in [3.05, 3.63) is 71.8 Å². The maximum absolute atomic E-state index is 12.8. The Labute approximate surface area is 169 Å². The van der Waals surface area contributed by atoms with Crippen LogP contribution in [0.1, 0.15) is 33.6 Å². The zero-order chi connectivity index (χ0) is 20.4. The number of hydrogen-bond donors (Lipinski definition) is 1. The van der Waals surface area contributed by atoms with Crippen LogP contribution in [0.25, 0.3) is 21.9 Å². The average Bonchev–Trinajstić information content (AvgIpc) is 2.78. The first kappa shape index (κ1) is 19.2. The summed E-state index contributed by atoms with van der Waals surface area (Å²) in [5.41, 5.74) is 3.24. The van der Waals surface area contributed by atoms with E-state index in [-0.39, 0.29) is 18.0 Å². The predicted octanol–water partition coefficient (Wildman–Crippen LogP) is 3.89. The number of rotatable bonds is 3. The van der Waals surface area contributed by atoms with E-state index in [1.807, 2.05) is 47.4 Å². The molecule has 5 nitrogen and oxygen atoms in total. The molecule has 3 aromatic rings. The molecule has 148 valence electrons. The normalized spacial score (nSPS) is 14.8. The van der Waals surface area contributed by atoms with Gasteiger partial charge in [0.05, 0.1) is 18.8 Å². The second-order valence-corrected chi connectivity index (χ2v) is 7.37. The molecule has 1 saturated heterocycles. The van der Waals surface area contributed by atoms with Crippen LogP contribution in [0.5, 0.6) is 0 Å². The highest BCUT2D eigenvalue weighted by Gasteiger charge is 2.22. The molecule has 1 fully saturated rings. The largest absolute Gasteiger partial charge is 0.465 e. The van der Waals surface area contributed by atoms with E-state index < -0.39 is 0 Å². The fourth-order valence-electron chi connectivity index (χ4n) is 3.73. The molecule has 1 N–H and O–H groups in total. The number of hydrogen-bond acceptors (Lipinski definition) is 4. The van der Waals surface area contributed by atoms with Gasteiger partial charge in [0.2, 0.25) is 0 Å². The molecular formula is C24H23NO4. The smallest absolute Gasteiger partial charge is 0.337 e. The maximum Gasteiger partial charge on any atom is 0.337 e. The zero-order valence-electron chi connectivity index (χ0n) is 16.3. The SMILES string of the molecule is COC(=O)c1ccc(-c2ccc3cc(C(=O)N4CCC(O)CC4)ccc3c2)cc1. The summed E-state index contributed by atoms with van der Waals surface area (Å²) in [6, 6.07) is 19.2. The summed E-state index contributed by atoms with van der Waals surface area (Å²) in [4.78, 5) is 26.2. The first-order chi connectivity index (χ1) is 14.0. The van der Waals surface area contributed by atoms with Gasteiger partial charge in [0, 0.05) is 18.7 Å². The molecule has 1 amide bonds. The highest BCUT2D eigenvalue weighted by atomic mass is 16.5. The summed E-state index contributed by atoms with van der Waals surface area (Å²) < 4.78 is 4.74. The van der Waals surface area contributed by atoms with Crippen molar-refractivity contribution in [2.75, 3.05) is 20.2 Å². The number of piperidine rings is 1. The van der Waals surface area contributed by atoms with Gasteiger partial charge in [-0.15, -0.1) is 0 Å². The minimum atomic E-state index is -0.351. The van der Waals surface area contributed by atoms with Crippen molar-refractivity contribution in [2.24, 2.45) is 0 Å². The van der Waals surface area contributed by atoms with Crippen molar-refractivity contribution in [3.8, 4) is 11.1 Å². The number of carbonyl (C=O) groups excluding carboxylic acids is 2. The Hall–Kier alpha value is -3.18. The van der Waals surface area contributed by atoms with Crippen LogP contribution in [0.15, 0.2) is 60.7 Å². The average molecular weight is 389 g/mol. The number of fused-ring (bicyclic) bond motifs is 1. The number of amides is 1. The Bertz CT molecular complexity index is 1050. The topological polar surface area (TPSA) is 66.8 Å². The van der Waals surface area contributed by atoms with Crippen LogP contribution < -0.4 is 0 Å². The number of carbonyl (C=O) groups is 2. The van der Waals surface area contributed by atoms with E-state index in [2.05, 4.69) is 6.07 Å². The number of aliphatic hydroxyl groups is 1. The van der Waals surface area contributed by atoms with E-state index >= 15 is 0 Å². The van der Waals surface area contributed by atoms with Crippen LogP contribution in [-0.2, 0) is 4.74 Å². The van der Waals surface area contributed by atoms with E-state index in [4.69, 9.17) is 4.74 Å². The van der Waals surface area contributed by atoms with Gasteiger partial charge in [0.15, 0.2) is 0 Å². The summed E-state index contributed by atoms with van der Waals surface area (Å²) in [5.74, 6) is -0.336. The molecule has 4 rings (SSSR count). The third-order valence-electron chi connectivity index (χ3n) is 5.48. The quantitative estimate of drug-likeness (QED) is 0.690. The van der Waals surface area contributed by atoms with Crippen LogP contribution in [0.3, 0.4) is 0 Å². The molecule has 0 spiro atoms. The van der Waals surface area contributed by atoms with Crippen molar-refractivity contribution in [3.63, 3.8) is 0 Å². The van der Waals surface area contributed by atoms with Crippen molar-refractivity contribution in [2.45, 2.75) is 18.9 Å². The number of benzene rings is 3. The Morgan fingerprint density at radius 1 is 0.862 bits per heavy atom. The zero-order valence-corrected chi connectivity index (χ0v) is 16.3. The number of likely N-dealkylation sites (tertiary alicyclic amines) is 1. The molecule has 0 bridgehead atoms. The third-order valence-corrected chi connectivity index (χ3v) is 5.48. The molecule has 1 aliphatic rings. The summed E-state index contributed by atoms with van der Waals surface area (Å²) in [7, 11) is 1.37. The van der Waals surface area contributed by atoms with Gasteiger partial charge in [-0.3, -0.25) is 4.79 Å². The summed E-state index contributed by atoms with van der Waals surface area (Å²) in [6.45, 7) is 1.19. The third kappa shape index (κ3) is 4.00. The van der Waals surface area contributed by atoms with Gasteiger partial charge in [0.1, 0.15) is 0 Å². The molecule has 0 aromatic heterocycles. The van der Waals surface area contributed by atoms with Gasteiger partial charge >= 0.3 is 5.97 Å². The molecule has 3 aromatic carbocycles. The lowest BCUT2D eigenvalue weighted by atomic mass is 9.98. The van der Waals surface area contributed by atoms with Crippen LogP contribution in [-0.4, -0.2) is 48.2 Å². The highest BCUT2D eigenvalue weighted by Crippen LogP contribution is 2.26. The second-order valence-electron chi connectivity index (χ2n) is 7.37. The van der Waals surface area contributed by atoms with Gasteiger partial charge in [0.25, 0.3) is 5.91 Å². The molecule has 0 saturated carbocycles. The Balaban J connectivity index is 1.57. The highest BCUT2D eigenvalue weighted by molar-refractivity contribution is 5.99. The Morgan fingerprint density at radius 2 is 1.45 bits per heavy atom. The molecular weight excluding hydrogens is 366 g/mol. The molecule has 0 unspecified atom stereocenters. The fourth-order valence-corrected chi connectivity index (χ4v) is 3.73. The Kier molecular flexibility index (Phi) is 5.32. The van der Waals surface area contributed by atoms with Crippen LogP contribution in [0.4, 0.5) is 0 Å². The van der Waals surface area contributed by atoms with Gasteiger partial charge < -0.3 is 14.7 Å². The number of aliphatic hydroxyl groups excluding tert-OH is 1. The number of ether oxygens (including phenoxy) is 1. The fraction of sp³-hybridized carbons (Fsp3) is 0.250. The molecule has 0 radical (unpaired) electrons. The first-order valence-corrected chi connectivity index (χ1v) is 9.75. The molecule has 1 heterocycles. The molecule has 29 heavy (non-hydrogen) atoms. The number of nitrogens with zero attached hydrogens (tertiary/aromatic N) is 1. The van der Waals surface area contributed by atoms with Crippen LogP contribution in [0.2, 0.25) is 0 Å². The lowest BCUT2D eigenvalue weighted by Gasteiger charge is -2.29. The Morgan fingerprint density at radius 3 is 2.14 bits per heavy atom. The van der Waals surface area contributed by atoms with Crippen molar-refractivity contribution in [1.29, 1.82) is 0 Å². The predicted molar refractivity (Wildman–Crippen MR) is 112 cm³/mol. The van der Waals surface area contributed by atoms with E-state index in [0.717, 1.165) is 21.9 Å². The van der Waals surface area contributed by atoms with Crippen LogP contribution in [0, 0.1) is 0 Å². The van der Waals surface area contributed by atoms with E-state index in [1.54, 1.807) is 12.1 Å². The van der Waals surface area contributed by atoms with Gasteiger partial charge in [-0.25, -0.2) is 4.79 Å². The maximum atomic E-state index is 12.8. The van der Waals surface area contributed by atoms with Gasteiger partial charge in [-0.2, -0.15) is 0 Å². The van der Waals surface area contributed by atoms with Gasteiger partial charge in [-0.1, -0.05) is 30.3 Å². The monoisotopic (exact) mass is 389 g/mol. The minimum Gasteiger partial charge on any atom is -0.465 e. The van der Waals surface area contributed by atoms with Crippen molar-refractivity contribution < 1.29 is 19.4 Å². The first-order valence-electron chi connectivity index (χ1n) is 9.75. The van der Waals surface area contributed by atoms with E-state index in [0.29, 0.717) is 37.1 Å². The minimum absolute atomic E-state index is 0.0151. The number of methoxy groups -OCH3 is 1. The summed E-state index contributed by atoms with van der Waals surface area (Å²) in [5, 5.41) is 11.7. The molecule has 5 heteroatoms. The second kappa shape index (κ2) is 8.05. The molecule has 1 aliphatic heterocycles. The van der Waals surface area contributed by atoms with Crippen molar-refractivity contribution in [1.82, 2.24) is 4.90 Å². The molecule has 0 aliphatic carbocycles. The van der Waals surface area contributed by atoms with Gasteiger partial charge in [-0.05, 0) is 65.1 Å². The summed E-state index contributed by atoms with van der Waals surface area (Å²) in [6.07, 6.45) is 0.977. The molecule has 0 atom stereocenters.